The van der Waals surface area contributed by atoms with Crippen molar-refractivity contribution in [2.75, 3.05) is 126 Å². The van der Waals surface area contributed by atoms with Gasteiger partial charge < -0.3 is 48.7 Å². The third kappa shape index (κ3) is 19.0. The molecule has 0 aromatic heterocycles. The molecular formula is C37H56Cl2N4O11S. The Kier molecular flexibility index (Phi) is 23.2. The Morgan fingerprint density at radius 1 is 0.709 bits per heavy atom. The van der Waals surface area contributed by atoms with Crippen LogP contribution in [0.25, 0.3) is 0 Å². The van der Waals surface area contributed by atoms with E-state index >= 15 is 0 Å². The zero-order valence-corrected chi connectivity index (χ0v) is 34.1. The quantitative estimate of drug-likeness (QED) is 0.0985. The molecule has 0 aliphatic carbocycles. The van der Waals surface area contributed by atoms with Crippen molar-refractivity contribution in [3.8, 4) is 0 Å². The van der Waals surface area contributed by atoms with Crippen LogP contribution in [0.1, 0.15) is 36.0 Å². The summed E-state index contributed by atoms with van der Waals surface area (Å²) in [5, 5.41) is 6.50. The van der Waals surface area contributed by atoms with Crippen molar-refractivity contribution in [2.45, 2.75) is 30.7 Å². The van der Waals surface area contributed by atoms with Crippen LogP contribution in [-0.4, -0.2) is 151 Å². The lowest BCUT2D eigenvalue weighted by Crippen LogP contribution is -2.34. The van der Waals surface area contributed by atoms with Crippen LogP contribution in [0.5, 0.6) is 0 Å². The predicted molar refractivity (Wildman–Crippen MR) is 208 cm³/mol. The number of likely N-dealkylation sites (N-methyl/N-ethyl adjacent to an activating group) is 1. The Bertz CT molecular complexity index is 1520. The molecule has 310 valence electrons. The van der Waals surface area contributed by atoms with Gasteiger partial charge in [0.25, 0.3) is 0 Å². The van der Waals surface area contributed by atoms with E-state index in [0.29, 0.717) is 69.4 Å². The second kappa shape index (κ2) is 27.2. The maximum atomic E-state index is 12.8. The molecule has 1 heterocycles. The summed E-state index contributed by atoms with van der Waals surface area (Å²) in [6.07, 6.45) is 0.978. The summed E-state index contributed by atoms with van der Waals surface area (Å²) in [4.78, 5) is 26.0. The summed E-state index contributed by atoms with van der Waals surface area (Å²) in [5.74, 6) is -0.690. The van der Waals surface area contributed by atoms with Gasteiger partial charge in [-0.1, -0.05) is 42.3 Å². The highest BCUT2D eigenvalue weighted by molar-refractivity contribution is 7.89. The molecule has 2 amide bonds. The van der Waals surface area contributed by atoms with Gasteiger partial charge in [0.2, 0.25) is 21.8 Å². The molecule has 0 spiro atoms. The molecule has 0 saturated carbocycles. The molecule has 1 aliphatic heterocycles. The lowest BCUT2D eigenvalue weighted by Gasteiger charge is -2.33. The van der Waals surface area contributed by atoms with Crippen molar-refractivity contribution >= 4 is 45.0 Å². The van der Waals surface area contributed by atoms with Gasteiger partial charge in [-0.15, -0.1) is 0 Å². The molecule has 2 aromatic carbocycles. The molecule has 0 saturated heterocycles. The molecule has 15 nitrogen and oxygen atoms in total. The minimum atomic E-state index is -3.72. The number of carbonyl (C=O) groups excluding carboxylic acids is 2. The predicted octanol–water partition coefficient (Wildman–Crippen LogP) is 2.61. The van der Waals surface area contributed by atoms with E-state index in [1.807, 2.05) is 32.2 Å². The first-order chi connectivity index (χ1) is 26.6. The molecule has 1 unspecified atom stereocenters. The molecule has 1 aliphatic rings. The van der Waals surface area contributed by atoms with Crippen LogP contribution in [0.4, 0.5) is 0 Å². The number of carbonyl (C=O) groups is 2. The van der Waals surface area contributed by atoms with Gasteiger partial charge >= 0.3 is 0 Å². The molecule has 0 fully saturated rings. The molecule has 2 aromatic rings. The number of hydrogen-bond acceptors (Lipinski definition) is 12. The summed E-state index contributed by atoms with van der Waals surface area (Å²) in [6.45, 7) is 8.49. The van der Waals surface area contributed by atoms with E-state index in [4.69, 9.17) is 56.4 Å². The lowest BCUT2D eigenvalue weighted by atomic mass is 9.85. The van der Waals surface area contributed by atoms with E-state index in [0.717, 1.165) is 42.8 Å². The van der Waals surface area contributed by atoms with Crippen molar-refractivity contribution in [3.63, 3.8) is 0 Å². The van der Waals surface area contributed by atoms with E-state index in [1.165, 1.54) is 0 Å². The first kappa shape index (κ1) is 46.9. The summed E-state index contributed by atoms with van der Waals surface area (Å²) in [6, 6.07) is 10.6. The Morgan fingerprint density at radius 3 is 1.73 bits per heavy atom. The van der Waals surface area contributed by atoms with E-state index < -0.39 is 10.0 Å². The standard InChI is InChI=1S/C37H56Cl2N4O11S/c1-3-11-48-15-19-52-20-16-49-12-8-40-36(44)27-54-28-37(45)41-9-13-50-17-21-53-22-18-51-14-10-42-55(46,47)31-6-4-29(5-7-31)33-25-43(2)26-34-32(33)23-30(38)24-35(34)39/h4-7,23-24,33,42H,3,8-22,25-28H2,1-2H3,(H,40,44)(H,41,45). The molecule has 55 heavy (non-hydrogen) atoms. The Balaban J connectivity index is 1.12. The highest BCUT2D eigenvalue weighted by Gasteiger charge is 2.27. The smallest absolute Gasteiger partial charge is 0.246 e. The van der Waals surface area contributed by atoms with Gasteiger partial charge in [0.05, 0.1) is 77.6 Å². The largest absolute Gasteiger partial charge is 0.379 e. The summed E-state index contributed by atoms with van der Waals surface area (Å²) in [5.41, 5.74) is 3.07. The molecule has 3 N–H and O–H groups in total. The number of fused-ring (bicyclic) bond motifs is 1. The third-order valence-corrected chi connectivity index (χ3v) is 10.1. The van der Waals surface area contributed by atoms with E-state index in [-0.39, 0.29) is 68.8 Å². The lowest BCUT2D eigenvalue weighted by molar-refractivity contribution is -0.131. The molecule has 0 radical (unpaired) electrons. The van der Waals surface area contributed by atoms with Gasteiger partial charge in [0.1, 0.15) is 13.2 Å². The van der Waals surface area contributed by atoms with Gasteiger partial charge in [0.15, 0.2) is 0 Å². The van der Waals surface area contributed by atoms with Gasteiger partial charge in [-0.2, -0.15) is 0 Å². The topological polar surface area (TPSA) is 172 Å². The van der Waals surface area contributed by atoms with Crippen LogP contribution >= 0.6 is 23.2 Å². The fourth-order valence-electron chi connectivity index (χ4n) is 5.43. The van der Waals surface area contributed by atoms with Crippen LogP contribution in [-0.2, 0) is 59.3 Å². The first-order valence-corrected chi connectivity index (χ1v) is 20.7. The number of rotatable bonds is 30. The first-order valence-electron chi connectivity index (χ1n) is 18.4. The van der Waals surface area contributed by atoms with Crippen molar-refractivity contribution in [3.05, 3.63) is 63.1 Å². The third-order valence-electron chi connectivity index (χ3n) is 8.06. The Hall–Kier alpha value is -2.45. The molecule has 1 atom stereocenters. The van der Waals surface area contributed by atoms with Crippen LogP contribution in [0.3, 0.4) is 0 Å². The monoisotopic (exact) mass is 834 g/mol. The normalized spacial score (nSPS) is 14.5. The number of amides is 2. The maximum absolute atomic E-state index is 12.8. The molecule has 18 heteroatoms. The van der Waals surface area contributed by atoms with Gasteiger partial charge in [-0.25, -0.2) is 13.1 Å². The summed E-state index contributed by atoms with van der Waals surface area (Å²) in [7, 11) is -1.69. The van der Waals surface area contributed by atoms with Crippen molar-refractivity contribution in [2.24, 2.45) is 0 Å². The Morgan fingerprint density at radius 2 is 1.20 bits per heavy atom. The number of halogens is 2. The number of ether oxygens (including phenoxy) is 7. The maximum Gasteiger partial charge on any atom is 0.246 e. The number of nitrogens with zero attached hydrogens (tertiary/aromatic N) is 1. The van der Waals surface area contributed by atoms with Crippen LogP contribution in [0, 0.1) is 0 Å². The van der Waals surface area contributed by atoms with E-state index in [9.17, 15) is 18.0 Å². The highest BCUT2D eigenvalue weighted by Crippen LogP contribution is 2.38. The molecular weight excluding hydrogens is 779 g/mol. The van der Waals surface area contributed by atoms with Gasteiger partial charge in [-0.3, -0.25) is 9.59 Å². The van der Waals surface area contributed by atoms with Crippen molar-refractivity contribution < 1.29 is 51.2 Å². The number of nitrogens with one attached hydrogen (secondary N) is 3. The van der Waals surface area contributed by atoms with Gasteiger partial charge in [-0.05, 0) is 54.4 Å². The average molecular weight is 836 g/mol. The molecule has 0 bridgehead atoms. The van der Waals surface area contributed by atoms with Crippen molar-refractivity contribution in [1.82, 2.24) is 20.3 Å². The number of hydrogen-bond donors (Lipinski definition) is 3. The second-order valence-corrected chi connectivity index (χ2v) is 15.1. The van der Waals surface area contributed by atoms with Crippen LogP contribution in [0.2, 0.25) is 10.0 Å². The average Bonchev–Trinajstić information content (AvgIpc) is 3.15. The molecule has 3 rings (SSSR count). The minimum Gasteiger partial charge on any atom is -0.379 e. The summed E-state index contributed by atoms with van der Waals surface area (Å²) >= 11 is 12.8. The number of sulfonamides is 1. The number of benzene rings is 2. The SMILES string of the molecule is CCCOCCOCCOCCNC(=O)COCC(=O)NCCOCCOCCOCCNS(=O)(=O)c1ccc(C2CN(C)Cc3c(Cl)cc(Cl)cc32)cc1. The zero-order valence-electron chi connectivity index (χ0n) is 31.8. The Labute approximate surface area is 335 Å². The minimum absolute atomic E-state index is 0.0136. The van der Waals surface area contributed by atoms with Crippen LogP contribution < -0.4 is 15.4 Å². The highest BCUT2D eigenvalue weighted by atomic mass is 35.5. The van der Waals surface area contributed by atoms with Gasteiger partial charge in [0, 0.05) is 55.3 Å². The zero-order chi connectivity index (χ0) is 39.7. The van der Waals surface area contributed by atoms with E-state index in [2.05, 4.69) is 20.3 Å². The fraction of sp³-hybridized carbons (Fsp3) is 0.622. The summed E-state index contributed by atoms with van der Waals surface area (Å²) < 4.78 is 65.8. The fourth-order valence-corrected chi connectivity index (χ4v) is 7.02. The van der Waals surface area contributed by atoms with E-state index in [1.54, 1.807) is 18.2 Å². The second-order valence-electron chi connectivity index (χ2n) is 12.5. The van der Waals surface area contributed by atoms with Crippen molar-refractivity contribution in [1.29, 1.82) is 0 Å². The van der Waals surface area contributed by atoms with Crippen LogP contribution in [0.15, 0.2) is 41.3 Å².